The van der Waals surface area contributed by atoms with Crippen LogP contribution in [-0.2, 0) is 4.79 Å². The van der Waals surface area contributed by atoms with Gasteiger partial charge in [0.25, 0.3) is 0 Å². The zero-order valence-electron chi connectivity index (χ0n) is 11.3. The van der Waals surface area contributed by atoms with Crippen molar-refractivity contribution in [2.75, 3.05) is 19.6 Å². The van der Waals surface area contributed by atoms with Crippen molar-refractivity contribution >= 4 is 5.91 Å². The highest BCUT2D eigenvalue weighted by Gasteiger charge is 2.30. The summed E-state index contributed by atoms with van der Waals surface area (Å²) in [6, 6.07) is 4.84. The fraction of sp³-hybridized carbons (Fsp3) is 0.500. The van der Waals surface area contributed by atoms with Gasteiger partial charge in [0, 0.05) is 25.7 Å². The quantitative estimate of drug-likeness (QED) is 0.855. The smallest absolute Gasteiger partial charge is 0.236 e. The second kappa shape index (κ2) is 5.67. The molecule has 4 nitrogen and oxygen atoms in total. The molecule has 1 saturated heterocycles. The summed E-state index contributed by atoms with van der Waals surface area (Å²) in [5.41, 5.74) is 6.93. The van der Waals surface area contributed by atoms with Gasteiger partial charge in [0.2, 0.25) is 5.91 Å². The van der Waals surface area contributed by atoms with Crippen LogP contribution >= 0.6 is 0 Å². The Morgan fingerprint density at radius 3 is 2.95 bits per heavy atom. The summed E-state index contributed by atoms with van der Waals surface area (Å²) in [6.07, 6.45) is 0. The highest BCUT2D eigenvalue weighted by atomic mass is 19.1. The molecule has 1 heterocycles. The monoisotopic (exact) mass is 265 g/mol. The second-order valence-electron chi connectivity index (χ2n) is 5.04. The maximum absolute atomic E-state index is 13.6. The number of benzene rings is 1. The molecule has 1 aliphatic heterocycles. The number of halogens is 1. The normalized spacial score (nSPS) is 22.2. The van der Waals surface area contributed by atoms with Crippen molar-refractivity contribution in [3.05, 3.63) is 35.1 Å². The SMILES string of the molecule is Cc1ccc(C(C)N2CCNCC2C(N)=O)cc1F. The summed E-state index contributed by atoms with van der Waals surface area (Å²) in [6.45, 7) is 5.80. The van der Waals surface area contributed by atoms with Crippen LogP contribution in [0.4, 0.5) is 4.39 Å². The van der Waals surface area contributed by atoms with E-state index < -0.39 is 0 Å². The first-order valence-corrected chi connectivity index (χ1v) is 6.52. The second-order valence-corrected chi connectivity index (χ2v) is 5.04. The van der Waals surface area contributed by atoms with E-state index in [0.717, 1.165) is 18.7 Å². The van der Waals surface area contributed by atoms with Gasteiger partial charge in [0.1, 0.15) is 11.9 Å². The van der Waals surface area contributed by atoms with Gasteiger partial charge in [-0.05, 0) is 31.0 Å². The summed E-state index contributed by atoms with van der Waals surface area (Å²) in [7, 11) is 0. The molecule has 5 heteroatoms. The number of piperazine rings is 1. The van der Waals surface area contributed by atoms with E-state index in [1.807, 2.05) is 17.9 Å². The Hall–Kier alpha value is -1.46. The van der Waals surface area contributed by atoms with Crippen LogP contribution in [0.5, 0.6) is 0 Å². The minimum Gasteiger partial charge on any atom is -0.368 e. The van der Waals surface area contributed by atoms with Crippen LogP contribution in [0, 0.1) is 12.7 Å². The molecule has 19 heavy (non-hydrogen) atoms. The van der Waals surface area contributed by atoms with Crippen molar-refractivity contribution in [1.29, 1.82) is 0 Å². The van der Waals surface area contributed by atoms with E-state index in [-0.39, 0.29) is 23.8 Å². The van der Waals surface area contributed by atoms with E-state index in [0.29, 0.717) is 12.1 Å². The fourth-order valence-corrected chi connectivity index (χ4v) is 2.51. The Balaban J connectivity index is 2.23. The number of carbonyl (C=O) groups is 1. The number of nitrogens with two attached hydrogens (primary N) is 1. The first-order chi connectivity index (χ1) is 9.00. The molecule has 1 fully saturated rings. The predicted molar refractivity (Wildman–Crippen MR) is 72.1 cm³/mol. The summed E-state index contributed by atoms with van der Waals surface area (Å²) >= 11 is 0. The first kappa shape index (κ1) is 14.0. The zero-order chi connectivity index (χ0) is 14.0. The van der Waals surface area contributed by atoms with Gasteiger partial charge in [-0.15, -0.1) is 0 Å². The highest BCUT2D eigenvalue weighted by molar-refractivity contribution is 5.80. The average Bonchev–Trinajstić information content (AvgIpc) is 2.41. The average molecular weight is 265 g/mol. The van der Waals surface area contributed by atoms with Crippen LogP contribution in [0.2, 0.25) is 0 Å². The number of nitrogens with one attached hydrogen (secondary N) is 1. The maximum atomic E-state index is 13.6. The number of rotatable bonds is 3. The minimum atomic E-state index is -0.341. The molecular weight excluding hydrogens is 245 g/mol. The van der Waals surface area contributed by atoms with Gasteiger partial charge in [-0.1, -0.05) is 12.1 Å². The molecule has 0 bridgehead atoms. The lowest BCUT2D eigenvalue weighted by molar-refractivity contribution is -0.124. The largest absolute Gasteiger partial charge is 0.368 e. The van der Waals surface area contributed by atoms with Gasteiger partial charge in [0.05, 0.1) is 0 Å². The number of aryl methyl sites for hydroxylation is 1. The van der Waals surface area contributed by atoms with Gasteiger partial charge in [-0.3, -0.25) is 9.69 Å². The number of hydrogen-bond acceptors (Lipinski definition) is 3. The van der Waals surface area contributed by atoms with Crippen LogP contribution < -0.4 is 11.1 Å². The Morgan fingerprint density at radius 2 is 2.32 bits per heavy atom. The number of nitrogens with zero attached hydrogens (tertiary/aromatic N) is 1. The standard InChI is InChI=1S/C14H20FN3O/c1-9-3-4-11(7-12(9)15)10(2)18-6-5-17-8-13(18)14(16)19/h3-4,7,10,13,17H,5-6,8H2,1-2H3,(H2,16,19). The van der Waals surface area contributed by atoms with Crippen LogP contribution in [-0.4, -0.2) is 36.5 Å². The first-order valence-electron chi connectivity index (χ1n) is 6.52. The molecule has 2 atom stereocenters. The molecule has 0 radical (unpaired) electrons. The zero-order valence-corrected chi connectivity index (χ0v) is 11.3. The number of amides is 1. The Kier molecular flexibility index (Phi) is 4.17. The van der Waals surface area contributed by atoms with Crippen molar-refractivity contribution in [3.63, 3.8) is 0 Å². The summed E-state index contributed by atoms with van der Waals surface area (Å²) in [5, 5.41) is 3.16. The van der Waals surface area contributed by atoms with Crippen LogP contribution in [0.25, 0.3) is 0 Å². The fourth-order valence-electron chi connectivity index (χ4n) is 2.51. The predicted octanol–water partition coefficient (Wildman–Crippen LogP) is 0.954. The molecule has 0 spiro atoms. The van der Waals surface area contributed by atoms with Crippen LogP contribution in [0.3, 0.4) is 0 Å². The van der Waals surface area contributed by atoms with E-state index in [1.54, 1.807) is 19.1 Å². The van der Waals surface area contributed by atoms with E-state index in [1.165, 1.54) is 0 Å². The molecule has 2 rings (SSSR count). The van der Waals surface area contributed by atoms with Crippen molar-refractivity contribution < 1.29 is 9.18 Å². The molecule has 1 aromatic rings. The van der Waals surface area contributed by atoms with E-state index >= 15 is 0 Å². The van der Waals surface area contributed by atoms with Gasteiger partial charge >= 0.3 is 0 Å². The lowest BCUT2D eigenvalue weighted by Gasteiger charge is -2.38. The highest BCUT2D eigenvalue weighted by Crippen LogP contribution is 2.24. The van der Waals surface area contributed by atoms with E-state index in [4.69, 9.17) is 5.73 Å². The van der Waals surface area contributed by atoms with Crippen molar-refractivity contribution in [2.24, 2.45) is 5.73 Å². The van der Waals surface area contributed by atoms with Crippen molar-refractivity contribution in [2.45, 2.75) is 25.9 Å². The van der Waals surface area contributed by atoms with Crippen LogP contribution in [0.15, 0.2) is 18.2 Å². The molecule has 1 aliphatic rings. The summed E-state index contributed by atoms with van der Waals surface area (Å²) in [5.74, 6) is -0.554. The van der Waals surface area contributed by atoms with Gasteiger partial charge in [0.15, 0.2) is 0 Å². The molecule has 1 aromatic carbocycles. The van der Waals surface area contributed by atoms with Gasteiger partial charge < -0.3 is 11.1 Å². The number of hydrogen-bond donors (Lipinski definition) is 2. The van der Waals surface area contributed by atoms with Gasteiger partial charge in [-0.25, -0.2) is 4.39 Å². The third-order valence-electron chi connectivity index (χ3n) is 3.79. The molecule has 0 saturated carbocycles. The Labute approximate surface area is 112 Å². The third-order valence-corrected chi connectivity index (χ3v) is 3.79. The van der Waals surface area contributed by atoms with E-state index in [2.05, 4.69) is 5.32 Å². The lowest BCUT2D eigenvalue weighted by atomic mass is 10.0. The molecule has 0 aromatic heterocycles. The van der Waals surface area contributed by atoms with E-state index in [9.17, 15) is 9.18 Å². The van der Waals surface area contributed by atoms with Crippen LogP contribution in [0.1, 0.15) is 24.1 Å². The number of carbonyl (C=O) groups excluding carboxylic acids is 1. The molecule has 0 aliphatic carbocycles. The third kappa shape index (κ3) is 2.93. The van der Waals surface area contributed by atoms with Crippen molar-refractivity contribution in [3.8, 4) is 0 Å². The topological polar surface area (TPSA) is 58.4 Å². The number of primary amides is 1. The minimum absolute atomic E-state index is 0.0327. The molecule has 1 amide bonds. The molecule has 3 N–H and O–H groups in total. The van der Waals surface area contributed by atoms with Gasteiger partial charge in [-0.2, -0.15) is 0 Å². The maximum Gasteiger partial charge on any atom is 0.236 e. The molecular formula is C14H20FN3O. The Morgan fingerprint density at radius 1 is 1.58 bits per heavy atom. The summed E-state index contributed by atoms with van der Waals surface area (Å²) < 4.78 is 13.6. The molecule has 2 unspecified atom stereocenters. The lowest BCUT2D eigenvalue weighted by Crippen LogP contribution is -2.57. The van der Waals surface area contributed by atoms with Crippen molar-refractivity contribution in [1.82, 2.24) is 10.2 Å². The summed E-state index contributed by atoms with van der Waals surface area (Å²) in [4.78, 5) is 13.5. The molecule has 104 valence electrons. The Bertz CT molecular complexity index is 478.